The van der Waals surface area contributed by atoms with Crippen molar-refractivity contribution in [1.82, 2.24) is 0 Å². The van der Waals surface area contributed by atoms with Crippen LogP contribution in [0.15, 0.2) is 34.8 Å². The van der Waals surface area contributed by atoms with Crippen molar-refractivity contribution in [2.24, 2.45) is 0 Å². The Balaban J connectivity index is 2.23. The molecule has 0 fully saturated rings. The van der Waals surface area contributed by atoms with Crippen LogP contribution in [0.25, 0.3) is 0 Å². The fourth-order valence-electron chi connectivity index (χ4n) is 1.83. The minimum absolute atomic E-state index is 0.295. The summed E-state index contributed by atoms with van der Waals surface area (Å²) in [6, 6.07) is 12.0. The van der Waals surface area contributed by atoms with Crippen LogP contribution in [-0.2, 0) is 0 Å². The van der Waals surface area contributed by atoms with Gasteiger partial charge in [0.05, 0.1) is 6.07 Å². The van der Waals surface area contributed by atoms with Crippen molar-refractivity contribution in [3.63, 3.8) is 0 Å². The first kappa shape index (κ1) is 13.1. The smallest absolute Gasteiger partial charge is 0.141 e. The van der Waals surface area contributed by atoms with Gasteiger partial charge >= 0.3 is 0 Å². The van der Waals surface area contributed by atoms with Gasteiger partial charge in [0.25, 0.3) is 0 Å². The maximum absolute atomic E-state index is 9.31. The Hall–Kier alpha value is -1.31. The highest BCUT2D eigenvalue weighted by molar-refractivity contribution is 9.10. The van der Waals surface area contributed by atoms with Gasteiger partial charge in [0.1, 0.15) is 6.04 Å². The first-order chi connectivity index (χ1) is 8.60. The van der Waals surface area contributed by atoms with E-state index in [0.717, 1.165) is 15.7 Å². The van der Waals surface area contributed by atoms with Gasteiger partial charge in [-0.1, -0.05) is 15.9 Å². The molecular formula is C14H13BrN2S. The van der Waals surface area contributed by atoms with E-state index in [1.807, 2.05) is 24.3 Å². The molecule has 92 valence electrons. The summed E-state index contributed by atoms with van der Waals surface area (Å²) in [4.78, 5) is 2.43. The number of benzene rings is 1. The first-order valence-electron chi connectivity index (χ1n) is 5.59. The van der Waals surface area contributed by atoms with Crippen molar-refractivity contribution in [1.29, 1.82) is 5.26 Å². The largest absolute Gasteiger partial charge is 0.366 e. The average Bonchev–Trinajstić information content (AvgIpc) is 2.68. The van der Waals surface area contributed by atoms with Crippen molar-refractivity contribution in [3.05, 3.63) is 50.1 Å². The van der Waals surface area contributed by atoms with Gasteiger partial charge in [0.15, 0.2) is 0 Å². The topological polar surface area (TPSA) is 35.8 Å². The monoisotopic (exact) mass is 320 g/mol. The molecule has 18 heavy (non-hydrogen) atoms. The van der Waals surface area contributed by atoms with Crippen LogP contribution >= 0.6 is 27.3 Å². The normalized spacial score (nSPS) is 11.9. The summed E-state index contributed by atoms with van der Waals surface area (Å²) in [5.74, 6) is 0. The number of halogens is 1. The zero-order chi connectivity index (χ0) is 13.1. The lowest BCUT2D eigenvalue weighted by atomic mass is 10.1. The Morgan fingerprint density at radius 3 is 2.44 bits per heavy atom. The zero-order valence-electron chi connectivity index (χ0n) is 10.2. The number of rotatable bonds is 3. The van der Waals surface area contributed by atoms with Crippen molar-refractivity contribution < 1.29 is 0 Å². The van der Waals surface area contributed by atoms with Crippen LogP contribution in [0.2, 0.25) is 0 Å². The molecule has 0 aliphatic carbocycles. The van der Waals surface area contributed by atoms with Gasteiger partial charge in [0, 0.05) is 25.5 Å². The zero-order valence-corrected chi connectivity index (χ0v) is 12.6. The molecule has 0 aliphatic rings. The molecule has 2 aromatic rings. The van der Waals surface area contributed by atoms with Crippen LogP contribution in [0.5, 0.6) is 0 Å². The molecule has 0 amide bonds. The quantitative estimate of drug-likeness (QED) is 0.881. The van der Waals surface area contributed by atoms with E-state index in [0.29, 0.717) is 0 Å². The molecule has 0 saturated carbocycles. The Kier molecular flexibility index (Phi) is 4.05. The molecule has 1 aromatic carbocycles. The van der Waals surface area contributed by atoms with Crippen molar-refractivity contribution >= 4 is 33.0 Å². The maximum Gasteiger partial charge on any atom is 0.141 e. The van der Waals surface area contributed by atoms with Gasteiger partial charge in [-0.25, -0.2) is 0 Å². The standard InChI is InChI=1S/C14H13BrN2S/c1-9-7-13(10(2)18-9)14(8-16)17-12-5-3-11(15)4-6-12/h3-7,14,17H,1-2H3. The number of hydrogen-bond donors (Lipinski definition) is 1. The highest BCUT2D eigenvalue weighted by Crippen LogP contribution is 2.28. The fraction of sp³-hybridized carbons (Fsp3) is 0.214. The molecule has 0 radical (unpaired) electrons. The molecular weight excluding hydrogens is 308 g/mol. The third-order valence-corrected chi connectivity index (χ3v) is 4.19. The molecule has 2 nitrogen and oxygen atoms in total. The summed E-state index contributed by atoms with van der Waals surface area (Å²) in [5, 5.41) is 12.6. The Morgan fingerprint density at radius 1 is 1.28 bits per heavy atom. The number of nitrogens with zero attached hydrogens (tertiary/aromatic N) is 1. The van der Waals surface area contributed by atoms with Crippen LogP contribution in [0.3, 0.4) is 0 Å². The SMILES string of the molecule is Cc1cc(C(C#N)Nc2ccc(Br)cc2)c(C)s1. The molecule has 1 unspecified atom stereocenters. The number of hydrogen-bond acceptors (Lipinski definition) is 3. The predicted octanol–water partition coefficient (Wildman–Crippen LogP) is 4.80. The van der Waals surface area contributed by atoms with Gasteiger partial charge in [0.2, 0.25) is 0 Å². The van der Waals surface area contributed by atoms with Gasteiger partial charge < -0.3 is 5.32 Å². The Labute approximate surface area is 119 Å². The number of nitriles is 1. The number of aryl methyl sites for hydroxylation is 2. The summed E-state index contributed by atoms with van der Waals surface area (Å²) in [7, 11) is 0. The van der Waals surface area contributed by atoms with Crippen LogP contribution in [0.1, 0.15) is 21.4 Å². The third-order valence-electron chi connectivity index (χ3n) is 2.67. The van der Waals surface area contributed by atoms with E-state index >= 15 is 0 Å². The molecule has 4 heteroatoms. The van der Waals surface area contributed by atoms with E-state index in [2.05, 4.69) is 47.2 Å². The van der Waals surface area contributed by atoms with Crippen LogP contribution < -0.4 is 5.32 Å². The van der Waals surface area contributed by atoms with Crippen LogP contribution in [0.4, 0.5) is 5.69 Å². The summed E-state index contributed by atoms with van der Waals surface area (Å²) in [6.45, 7) is 4.12. The van der Waals surface area contributed by atoms with Crippen molar-refractivity contribution in [2.75, 3.05) is 5.32 Å². The lowest BCUT2D eigenvalue weighted by molar-refractivity contribution is 0.993. The second-order valence-electron chi connectivity index (χ2n) is 4.08. The highest BCUT2D eigenvalue weighted by Gasteiger charge is 2.15. The minimum atomic E-state index is -0.295. The second-order valence-corrected chi connectivity index (χ2v) is 6.46. The number of thiophene rings is 1. The lowest BCUT2D eigenvalue weighted by Gasteiger charge is -2.12. The van der Waals surface area contributed by atoms with E-state index in [4.69, 9.17) is 0 Å². The second kappa shape index (κ2) is 5.55. The summed E-state index contributed by atoms with van der Waals surface area (Å²) >= 11 is 5.12. The number of nitrogens with one attached hydrogen (secondary N) is 1. The summed E-state index contributed by atoms with van der Waals surface area (Å²) in [6.07, 6.45) is 0. The van der Waals surface area contributed by atoms with E-state index in [1.165, 1.54) is 9.75 Å². The molecule has 2 rings (SSSR count). The lowest BCUT2D eigenvalue weighted by Crippen LogP contribution is -2.08. The van der Waals surface area contributed by atoms with Gasteiger partial charge in [-0.15, -0.1) is 11.3 Å². The van der Waals surface area contributed by atoms with Crippen LogP contribution in [0, 0.1) is 25.2 Å². The van der Waals surface area contributed by atoms with Gasteiger partial charge in [-0.05, 0) is 44.2 Å². The van der Waals surface area contributed by atoms with Gasteiger partial charge in [-0.2, -0.15) is 5.26 Å². The van der Waals surface area contributed by atoms with E-state index < -0.39 is 0 Å². The van der Waals surface area contributed by atoms with Crippen molar-refractivity contribution in [3.8, 4) is 6.07 Å². The van der Waals surface area contributed by atoms with E-state index in [-0.39, 0.29) is 6.04 Å². The van der Waals surface area contributed by atoms with Gasteiger partial charge in [-0.3, -0.25) is 0 Å². The molecule has 0 bridgehead atoms. The fourth-order valence-corrected chi connectivity index (χ4v) is 3.06. The molecule has 1 atom stereocenters. The van der Waals surface area contributed by atoms with Crippen LogP contribution in [-0.4, -0.2) is 0 Å². The Morgan fingerprint density at radius 2 is 1.94 bits per heavy atom. The molecule has 1 N–H and O–H groups in total. The third kappa shape index (κ3) is 2.92. The summed E-state index contributed by atoms with van der Waals surface area (Å²) in [5.41, 5.74) is 2.02. The molecule has 0 aliphatic heterocycles. The highest BCUT2D eigenvalue weighted by atomic mass is 79.9. The molecule has 0 saturated heterocycles. The minimum Gasteiger partial charge on any atom is -0.366 e. The number of anilines is 1. The first-order valence-corrected chi connectivity index (χ1v) is 7.20. The van der Waals surface area contributed by atoms with Crippen molar-refractivity contribution in [2.45, 2.75) is 19.9 Å². The van der Waals surface area contributed by atoms with E-state index in [1.54, 1.807) is 11.3 Å². The average molecular weight is 321 g/mol. The summed E-state index contributed by atoms with van der Waals surface area (Å²) < 4.78 is 1.03. The predicted molar refractivity (Wildman–Crippen MR) is 79.9 cm³/mol. The maximum atomic E-state index is 9.31. The molecule has 1 aromatic heterocycles. The molecule has 1 heterocycles. The van der Waals surface area contributed by atoms with E-state index in [9.17, 15) is 5.26 Å². The Bertz CT molecular complexity index is 581. The molecule has 0 spiro atoms.